The van der Waals surface area contributed by atoms with Crippen molar-refractivity contribution in [2.45, 2.75) is 44.2 Å². The second kappa shape index (κ2) is 5.38. The Morgan fingerprint density at radius 1 is 1.24 bits per heavy atom. The van der Waals surface area contributed by atoms with Crippen molar-refractivity contribution in [1.29, 1.82) is 0 Å². The van der Waals surface area contributed by atoms with E-state index in [-0.39, 0.29) is 6.61 Å². The molecule has 0 spiro atoms. The molecule has 0 amide bonds. The van der Waals surface area contributed by atoms with Crippen LogP contribution in [-0.4, -0.2) is 48.1 Å². The lowest BCUT2D eigenvalue weighted by Gasteiger charge is -2.22. The molecule has 6 nitrogen and oxygen atoms in total. The van der Waals surface area contributed by atoms with Crippen LogP contribution in [0.4, 0.5) is 0 Å². The van der Waals surface area contributed by atoms with E-state index in [0.717, 1.165) is 0 Å². The van der Waals surface area contributed by atoms with Crippen LogP contribution in [0.15, 0.2) is 30.3 Å². The lowest BCUT2D eigenvalue weighted by Crippen LogP contribution is -2.33. The fourth-order valence-corrected chi connectivity index (χ4v) is 2.61. The van der Waals surface area contributed by atoms with E-state index in [1.165, 1.54) is 0 Å². The molecule has 6 heteroatoms. The fraction of sp³-hybridized carbons (Fsp3) is 0.533. The minimum Gasteiger partial charge on any atom is -0.459 e. The van der Waals surface area contributed by atoms with Gasteiger partial charge in [-0.1, -0.05) is 18.2 Å². The van der Waals surface area contributed by atoms with Gasteiger partial charge in [0.2, 0.25) is 0 Å². The van der Waals surface area contributed by atoms with Gasteiger partial charge in [-0.25, -0.2) is 4.79 Å². The van der Waals surface area contributed by atoms with Gasteiger partial charge in [-0.15, -0.1) is 0 Å². The molecule has 3 rings (SSSR count). The Balaban J connectivity index is 1.60. The Labute approximate surface area is 122 Å². The van der Waals surface area contributed by atoms with E-state index < -0.39 is 36.4 Å². The van der Waals surface area contributed by atoms with Crippen LogP contribution in [0.25, 0.3) is 0 Å². The third kappa shape index (κ3) is 2.94. The fourth-order valence-electron chi connectivity index (χ4n) is 2.61. The molecule has 2 fully saturated rings. The Bertz CT molecular complexity index is 514. The van der Waals surface area contributed by atoms with Crippen molar-refractivity contribution in [3.8, 4) is 0 Å². The highest BCUT2D eigenvalue weighted by Crippen LogP contribution is 2.37. The van der Waals surface area contributed by atoms with E-state index in [4.69, 9.17) is 18.9 Å². The smallest absolute Gasteiger partial charge is 0.338 e. The first kappa shape index (κ1) is 14.5. The summed E-state index contributed by atoms with van der Waals surface area (Å²) in [5.74, 6) is -1.21. The van der Waals surface area contributed by atoms with Gasteiger partial charge in [0.25, 0.3) is 0 Å². The zero-order valence-corrected chi connectivity index (χ0v) is 11.9. The third-order valence-corrected chi connectivity index (χ3v) is 3.51. The summed E-state index contributed by atoms with van der Waals surface area (Å²) in [5, 5.41) is 9.82. The minimum absolute atomic E-state index is 0.00535. The summed E-state index contributed by atoms with van der Waals surface area (Å²) in [7, 11) is 0. The summed E-state index contributed by atoms with van der Waals surface area (Å²) in [4.78, 5) is 11.9. The van der Waals surface area contributed by atoms with Gasteiger partial charge in [0.05, 0.1) is 5.56 Å². The molecular weight excluding hydrogens is 276 g/mol. The topological polar surface area (TPSA) is 74.2 Å². The molecule has 0 aliphatic carbocycles. The molecule has 0 bridgehead atoms. The molecule has 4 atom stereocenters. The van der Waals surface area contributed by atoms with E-state index in [1.807, 2.05) is 6.07 Å². The first-order valence-corrected chi connectivity index (χ1v) is 6.88. The Morgan fingerprint density at radius 3 is 2.62 bits per heavy atom. The number of hydrogen-bond acceptors (Lipinski definition) is 6. The molecule has 2 aliphatic rings. The SMILES string of the molecule is CC1(C)O[C@@H]2[C@@H](COC(=O)c3ccccc3)OC(O)[C@@H]2O1. The van der Waals surface area contributed by atoms with Crippen LogP contribution < -0.4 is 0 Å². The predicted molar refractivity (Wildman–Crippen MR) is 71.4 cm³/mol. The van der Waals surface area contributed by atoms with Crippen LogP contribution in [0.1, 0.15) is 24.2 Å². The van der Waals surface area contributed by atoms with Gasteiger partial charge in [0, 0.05) is 0 Å². The summed E-state index contributed by atoms with van der Waals surface area (Å²) < 4.78 is 21.8. The van der Waals surface area contributed by atoms with Gasteiger partial charge in [-0.05, 0) is 26.0 Å². The molecule has 2 heterocycles. The molecule has 1 aromatic carbocycles. The van der Waals surface area contributed by atoms with Gasteiger partial charge in [-0.2, -0.15) is 0 Å². The number of rotatable bonds is 3. The maximum absolute atomic E-state index is 11.9. The van der Waals surface area contributed by atoms with E-state index in [2.05, 4.69) is 0 Å². The number of aliphatic hydroxyl groups is 1. The second-order valence-electron chi connectivity index (χ2n) is 5.59. The molecular formula is C15H18O6. The lowest BCUT2D eigenvalue weighted by molar-refractivity contribution is -0.223. The van der Waals surface area contributed by atoms with Gasteiger partial charge >= 0.3 is 5.97 Å². The summed E-state index contributed by atoms with van der Waals surface area (Å²) in [6.07, 6.45) is -2.62. The molecule has 114 valence electrons. The monoisotopic (exact) mass is 294 g/mol. The first-order chi connectivity index (χ1) is 9.96. The van der Waals surface area contributed by atoms with Crippen LogP contribution in [0.5, 0.6) is 0 Å². The Kier molecular flexibility index (Phi) is 3.71. The zero-order valence-electron chi connectivity index (χ0n) is 11.9. The summed E-state index contributed by atoms with van der Waals surface area (Å²) in [6, 6.07) is 8.70. The van der Waals surface area contributed by atoms with Crippen molar-refractivity contribution in [3.63, 3.8) is 0 Å². The number of esters is 1. The molecule has 0 aromatic heterocycles. The number of carbonyl (C=O) groups is 1. The predicted octanol–water partition coefficient (Wildman–Crippen LogP) is 1.08. The van der Waals surface area contributed by atoms with Crippen LogP contribution in [-0.2, 0) is 18.9 Å². The van der Waals surface area contributed by atoms with Crippen LogP contribution in [0.3, 0.4) is 0 Å². The number of benzene rings is 1. The highest BCUT2D eigenvalue weighted by Gasteiger charge is 2.55. The molecule has 2 saturated heterocycles. The molecule has 0 radical (unpaired) electrons. The standard InChI is InChI=1S/C15H18O6/c1-15(2)20-11-10(19-14(17)12(11)21-15)8-18-13(16)9-6-4-3-5-7-9/h3-7,10-12,14,17H,8H2,1-2H3/t10-,11-,12-,14?/m1/s1. The quantitative estimate of drug-likeness (QED) is 0.841. The van der Waals surface area contributed by atoms with E-state index in [0.29, 0.717) is 5.56 Å². The number of ether oxygens (including phenoxy) is 4. The molecule has 1 aromatic rings. The van der Waals surface area contributed by atoms with Crippen molar-refractivity contribution >= 4 is 5.97 Å². The molecule has 2 aliphatic heterocycles. The number of fused-ring (bicyclic) bond motifs is 1. The number of hydrogen-bond donors (Lipinski definition) is 1. The summed E-state index contributed by atoms with van der Waals surface area (Å²) in [6.45, 7) is 3.54. The highest BCUT2D eigenvalue weighted by atomic mass is 16.8. The Hall–Kier alpha value is -1.47. The van der Waals surface area contributed by atoms with Crippen molar-refractivity contribution < 1.29 is 28.8 Å². The number of carbonyl (C=O) groups excluding carboxylic acids is 1. The average molecular weight is 294 g/mol. The maximum atomic E-state index is 11.9. The normalized spacial score (nSPS) is 33.7. The van der Waals surface area contributed by atoms with Crippen LogP contribution in [0.2, 0.25) is 0 Å². The van der Waals surface area contributed by atoms with Crippen molar-refractivity contribution in [1.82, 2.24) is 0 Å². The van der Waals surface area contributed by atoms with Crippen molar-refractivity contribution in [2.75, 3.05) is 6.61 Å². The molecule has 0 saturated carbocycles. The third-order valence-electron chi connectivity index (χ3n) is 3.51. The van der Waals surface area contributed by atoms with Gasteiger partial charge in [0.1, 0.15) is 24.9 Å². The zero-order chi connectivity index (χ0) is 15.0. The molecule has 1 N–H and O–H groups in total. The Morgan fingerprint density at radius 2 is 1.90 bits per heavy atom. The van der Waals surface area contributed by atoms with E-state index in [1.54, 1.807) is 38.1 Å². The second-order valence-corrected chi connectivity index (χ2v) is 5.59. The summed E-state index contributed by atoms with van der Waals surface area (Å²) >= 11 is 0. The molecule has 1 unspecified atom stereocenters. The summed E-state index contributed by atoms with van der Waals surface area (Å²) in [5.41, 5.74) is 0.469. The lowest BCUT2D eigenvalue weighted by atomic mass is 10.1. The largest absolute Gasteiger partial charge is 0.459 e. The van der Waals surface area contributed by atoms with Gasteiger partial charge < -0.3 is 24.1 Å². The number of aliphatic hydroxyl groups excluding tert-OH is 1. The van der Waals surface area contributed by atoms with Crippen molar-refractivity contribution in [3.05, 3.63) is 35.9 Å². The van der Waals surface area contributed by atoms with Gasteiger partial charge in [-0.3, -0.25) is 0 Å². The van der Waals surface area contributed by atoms with Gasteiger partial charge in [0.15, 0.2) is 12.1 Å². The van der Waals surface area contributed by atoms with E-state index in [9.17, 15) is 9.90 Å². The van der Waals surface area contributed by atoms with Crippen LogP contribution in [0, 0.1) is 0 Å². The van der Waals surface area contributed by atoms with Crippen LogP contribution >= 0.6 is 0 Å². The minimum atomic E-state index is -1.07. The highest BCUT2D eigenvalue weighted by molar-refractivity contribution is 5.89. The first-order valence-electron chi connectivity index (χ1n) is 6.88. The van der Waals surface area contributed by atoms with Crippen molar-refractivity contribution in [2.24, 2.45) is 0 Å². The maximum Gasteiger partial charge on any atom is 0.338 e. The van der Waals surface area contributed by atoms with E-state index >= 15 is 0 Å². The molecule has 21 heavy (non-hydrogen) atoms. The average Bonchev–Trinajstić information content (AvgIpc) is 2.92.